The van der Waals surface area contributed by atoms with Gasteiger partial charge in [0.05, 0.1) is 0 Å². The zero-order valence-electron chi connectivity index (χ0n) is 43.3. The van der Waals surface area contributed by atoms with Crippen molar-refractivity contribution in [2.75, 3.05) is 9.80 Å². The fraction of sp³-hybridized carbons (Fsp3) is 0.254. The van der Waals surface area contributed by atoms with Gasteiger partial charge in [0.25, 0.3) is 6.71 Å². The van der Waals surface area contributed by atoms with Crippen molar-refractivity contribution in [3.05, 3.63) is 173 Å². The molecule has 2 aliphatic heterocycles. The molecule has 11 aromatic rings. The van der Waals surface area contributed by atoms with Crippen LogP contribution >= 0.6 is 0 Å². The summed E-state index contributed by atoms with van der Waals surface area (Å²) in [5.74, 6) is 0. The second-order valence-electron chi connectivity index (χ2n) is 25.2. The summed E-state index contributed by atoms with van der Waals surface area (Å²) < 4.78 is 0. The van der Waals surface area contributed by atoms with Crippen LogP contribution in [0.1, 0.15) is 111 Å². The van der Waals surface area contributed by atoms with Crippen molar-refractivity contribution in [3.63, 3.8) is 0 Å². The normalized spacial score (nSPS) is 14.3. The van der Waals surface area contributed by atoms with Crippen molar-refractivity contribution in [2.45, 2.75) is 112 Å². The third kappa shape index (κ3) is 6.19. The van der Waals surface area contributed by atoms with Gasteiger partial charge < -0.3 is 9.80 Å². The fourth-order valence-corrected chi connectivity index (χ4v) is 12.5. The Balaban J connectivity index is 1.24. The lowest BCUT2D eigenvalue weighted by Gasteiger charge is -2.46. The molecule has 0 atom stereocenters. The molecule has 0 radical (unpaired) electrons. The number of fused-ring (bicyclic) bond motifs is 6. The first-order valence-electron chi connectivity index (χ1n) is 25.6. The smallest absolute Gasteiger partial charge is 0.252 e. The molecule has 0 aromatic heterocycles. The maximum Gasteiger partial charge on any atom is 0.252 e. The number of nitrogens with zero attached hydrogens (tertiary/aromatic N) is 2. The zero-order valence-corrected chi connectivity index (χ0v) is 43.3. The molecule has 70 heavy (non-hydrogen) atoms. The van der Waals surface area contributed by atoms with Crippen LogP contribution in [0, 0.1) is 6.92 Å². The summed E-state index contributed by atoms with van der Waals surface area (Å²) in [5.41, 5.74) is 18.0. The Morgan fingerprint density at radius 3 is 1.01 bits per heavy atom. The van der Waals surface area contributed by atoms with Crippen molar-refractivity contribution >= 4 is 122 Å². The molecule has 11 aromatic carbocycles. The third-order valence-corrected chi connectivity index (χ3v) is 16.2. The molecule has 344 valence electrons. The Hall–Kier alpha value is -6.84. The zero-order chi connectivity index (χ0) is 48.7. The first kappa shape index (κ1) is 43.2. The highest BCUT2D eigenvalue weighted by atomic mass is 15.2. The molecule has 0 unspecified atom stereocenters. The average molecular weight is 907 g/mol. The van der Waals surface area contributed by atoms with Crippen molar-refractivity contribution in [1.82, 2.24) is 0 Å². The van der Waals surface area contributed by atoms with Crippen LogP contribution in [0.2, 0.25) is 0 Å². The van der Waals surface area contributed by atoms with Gasteiger partial charge in [-0.05, 0) is 163 Å². The number of aryl methyl sites for hydroxylation is 1. The van der Waals surface area contributed by atoms with E-state index in [0.717, 1.165) is 0 Å². The highest BCUT2D eigenvalue weighted by Crippen LogP contribution is 2.52. The standard InChI is InChI=1S/C67H63BN2/c1-38-28-55-61-56(29-38)70(50-36-47(66(8,9)10)33-48(37-50)67(11,12)13)63-52-27-25-42-19-15-17-40-21-23-44(60(52)58(40)42)31-54(63)68(61)53-30-43-22-20-39-16-14-18-41-24-26-51(59(43)57(39)41)62(53)69(55)49-34-45(64(2,3)4)32-46(35-49)65(5,6)7/h14-37H,1-13H3. The second kappa shape index (κ2) is 14.2. The molecule has 2 heterocycles. The van der Waals surface area contributed by atoms with Gasteiger partial charge in [-0.25, -0.2) is 0 Å². The van der Waals surface area contributed by atoms with Crippen LogP contribution < -0.4 is 26.2 Å². The van der Waals surface area contributed by atoms with E-state index in [2.05, 4.69) is 245 Å². The number of rotatable bonds is 2. The van der Waals surface area contributed by atoms with Gasteiger partial charge >= 0.3 is 0 Å². The summed E-state index contributed by atoms with van der Waals surface area (Å²) in [5, 5.41) is 15.7. The summed E-state index contributed by atoms with van der Waals surface area (Å²) in [6.07, 6.45) is 0. The van der Waals surface area contributed by atoms with E-state index in [0.29, 0.717) is 0 Å². The Kier molecular flexibility index (Phi) is 8.74. The largest absolute Gasteiger partial charge is 0.311 e. The summed E-state index contributed by atoms with van der Waals surface area (Å²) in [6.45, 7) is 30.7. The maximum atomic E-state index is 2.70. The van der Waals surface area contributed by atoms with E-state index >= 15 is 0 Å². The van der Waals surface area contributed by atoms with Gasteiger partial charge in [0, 0.05) is 44.9 Å². The second-order valence-corrected chi connectivity index (χ2v) is 25.2. The molecule has 0 saturated heterocycles. The number of anilines is 6. The van der Waals surface area contributed by atoms with E-state index in [1.54, 1.807) is 0 Å². The molecular formula is C67H63BN2. The third-order valence-electron chi connectivity index (χ3n) is 16.2. The van der Waals surface area contributed by atoms with Gasteiger partial charge in [-0.3, -0.25) is 0 Å². The molecule has 0 N–H and O–H groups in total. The molecule has 13 rings (SSSR count). The monoisotopic (exact) mass is 907 g/mol. The minimum Gasteiger partial charge on any atom is -0.311 e. The first-order chi connectivity index (χ1) is 33.1. The van der Waals surface area contributed by atoms with Gasteiger partial charge in [-0.15, -0.1) is 0 Å². The Labute approximate surface area is 414 Å². The summed E-state index contributed by atoms with van der Waals surface area (Å²) in [7, 11) is 0. The van der Waals surface area contributed by atoms with Crippen LogP contribution in [-0.2, 0) is 21.7 Å². The minimum absolute atomic E-state index is 0.0484. The van der Waals surface area contributed by atoms with E-state index in [-0.39, 0.29) is 28.4 Å². The van der Waals surface area contributed by atoms with Crippen molar-refractivity contribution in [3.8, 4) is 0 Å². The lowest BCUT2D eigenvalue weighted by molar-refractivity contribution is 0.568. The van der Waals surface area contributed by atoms with E-state index in [9.17, 15) is 0 Å². The highest BCUT2D eigenvalue weighted by Gasteiger charge is 2.46. The van der Waals surface area contributed by atoms with Crippen molar-refractivity contribution < 1.29 is 0 Å². The van der Waals surface area contributed by atoms with Gasteiger partial charge in [0.2, 0.25) is 0 Å². The quantitative estimate of drug-likeness (QED) is 0.126. The maximum absolute atomic E-state index is 2.70. The van der Waals surface area contributed by atoms with E-state index in [1.165, 1.54) is 143 Å². The predicted molar refractivity (Wildman–Crippen MR) is 307 cm³/mol. The molecule has 0 amide bonds. The molecule has 0 spiro atoms. The van der Waals surface area contributed by atoms with Crippen molar-refractivity contribution in [1.29, 1.82) is 0 Å². The molecular weight excluding hydrogens is 844 g/mol. The molecule has 3 heteroatoms. The number of benzene rings is 11. The minimum atomic E-state index is -0.0651. The fourth-order valence-electron chi connectivity index (χ4n) is 12.5. The molecule has 2 aliphatic rings. The SMILES string of the molecule is Cc1cc2c3c(c1)N(c1cc(C(C)(C)C)cc(C(C)(C)C)c1)c1c(cc4ccc5cccc6ccc1c4c56)B3c1cc3ccc4cccc5ccc(c1N2c1cc(C(C)(C)C)cc(C(C)(C)C)c1)c3c45. The van der Waals surface area contributed by atoms with Gasteiger partial charge in [0.15, 0.2) is 0 Å². The molecule has 0 bridgehead atoms. The molecule has 0 saturated carbocycles. The van der Waals surface area contributed by atoms with E-state index in [1.807, 2.05) is 0 Å². The van der Waals surface area contributed by atoms with Crippen molar-refractivity contribution in [2.24, 2.45) is 0 Å². The van der Waals surface area contributed by atoms with E-state index < -0.39 is 0 Å². The van der Waals surface area contributed by atoms with Crippen LogP contribution in [0.5, 0.6) is 0 Å². The average Bonchev–Trinajstić information content (AvgIpc) is 3.30. The Bertz CT molecular complexity index is 3660. The van der Waals surface area contributed by atoms with Crippen LogP contribution in [0.4, 0.5) is 34.1 Å². The van der Waals surface area contributed by atoms with Gasteiger partial charge in [-0.1, -0.05) is 192 Å². The number of hydrogen-bond donors (Lipinski definition) is 0. The first-order valence-corrected chi connectivity index (χ1v) is 25.6. The molecule has 0 fully saturated rings. The van der Waals surface area contributed by atoms with Crippen LogP contribution in [-0.4, -0.2) is 6.71 Å². The Morgan fingerprint density at radius 1 is 0.343 bits per heavy atom. The Morgan fingerprint density at radius 2 is 0.671 bits per heavy atom. The van der Waals surface area contributed by atoms with Crippen LogP contribution in [0.3, 0.4) is 0 Å². The topological polar surface area (TPSA) is 6.48 Å². The van der Waals surface area contributed by atoms with Gasteiger partial charge in [0.1, 0.15) is 0 Å². The lowest BCUT2D eigenvalue weighted by atomic mass is 9.33. The molecule has 2 nitrogen and oxygen atoms in total. The summed E-state index contributed by atoms with van der Waals surface area (Å²) >= 11 is 0. The molecule has 0 aliphatic carbocycles. The van der Waals surface area contributed by atoms with Gasteiger partial charge in [-0.2, -0.15) is 0 Å². The van der Waals surface area contributed by atoms with Crippen LogP contribution in [0.25, 0.3) is 64.6 Å². The van der Waals surface area contributed by atoms with Crippen LogP contribution in [0.15, 0.2) is 146 Å². The summed E-state index contributed by atoms with van der Waals surface area (Å²) in [4.78, 5) is 5.41. The predicted octanol–water partition coefficient (Wildman–Crippen LogP) is 17.1. The lowest BCUT2D eigenvalue weighted by Crippen LogP contribution is -2.61. The summed E-state index contributed by atoms with van der Waals surface area (Å²) in [6, 6.07) is 57.9. The highest BCUT2D eigenvalue weighted by molar-refractivity contribution is 7.01. The number of hydrogen-bond acceptors (Lipinski definition) is 2. The van der Waals surface area contributed by atoms with E-state index in [4.69, 9.17) is 0 Å².